The zero-order valence-corrected chi connectivity index (χ0v) is 17.6. The molecule has 1 unspecified atom stereocenters. The smallest absolute Gasteiger partial charge is 0.410 e. The van der Waals surface area contributed by atoms with Crippen molar-refractivity contribution >= 4 is 30.3 Å². The van der Waals surface area contributed by atoms with Gasteiger partial charge in [0.2, 0.25) is 5.91 Å². The summed E-state index contributed by atoms with van der Waals surface area (Å²) in [6.45, 7) is 1.50. The minimum absolute atomic E-state index is 0.0298. The number of aromatic nitrogens is 2. The number of non-ortho nitro benzene ring substituents is 1. The lowest BCUT2D eigenvalue weighted by atomic mass is 10.2. The maximum Gasteiger partial charge on any atom is 0.410 e. The van der Waals surface area contributed by atoms with Crippen LogP contribution in [0.5, 0.6) is 0 Å². The molecule has 2 fully saturated rings. The van der Waals surface area contributed by atoms with Crippen LogP contribution < -0.4 is 0 Å². The molecule has 2 amide bonds. The molecule has 0 saturated carbocycles. The van der Waals surface area contributed by atoms with Crippen molar-refractivity contribution < 1.29 is 19.2 Å². The first-order valence-corrected chi connectivity index (χ1v) is 10.5. The monoisotopic (exact) mass is 445 g/mol. The number of rotatable bonds is 5. The number of nitrogens with zero attached hydrogens (tertiary/aromatic N) is 5. The van der Waals surface area contributed by atoms with Gasteiger partial charge in [0.05, 0.1) is 17.3 Å². The third-order valence-corrected chi connectivity index (χ3v) is 6.10. The van der Waals surface area contributed by atoms with Crippen LogP contribution in [0.2, 0.25) is 0 Å². The standard InChI is InChI=1S/C20H23N5O5S/c26-19(22-7-5-16(10-22)23-8-6-21-13-23)18-9-17(31)11-24(18)20(27)30-12-14-1-3-15(4-2-14)25(28)29/h1-4,6,8,13,16-18,31H,5,7,9-12H2/t16?,17-,18-/m0/s1. The molecule has 2 aromatic rings. The molecule has 0 N–H and O–H groups in total. The van der Waals surface area contributed by atoms with Gasteiger partial charge in [-0.3, -0.25) is 19.8 Å². The maximum absolute atomic E-state index is 13.2. The van der Waals surface area contributed by atoms with Crippen molar-refractivity contribution in [3.63, 3.8) is 0 Å². The Morgan fingerprint density at radius 2 is 2.03 bits per heavy atom. The predicted molar refractivity (Wildman–Crippen MR) is 114 cm³/mol. The molecule has 2 aliphatic heterocycles. The molecule has 0 spiro atoms. The summed E-state index contributed by atoms with van der Waals surface area (Å²) in [7, 11) is 0. The molecule has 3 heterocycles. The first-order chi connectivity index (χ1) is 14.9. The Bertz CT molecular complexity index is 951. The molecule has 2 saturated heterocycles. The summed E-state index contributed by atoms with van der Waals surface area (Å²) < 4.78 is 7.38. The Morgan fingerprint density at radius 3 is 2.71 bits per heavy atom. The van der Waals surface area contributed by atoms with E-state index in [-0.39, 0.29) is 29.5 Å². The van der Waals surface area contributed by atoms with Crippen LogP contribution in [0, 0.1) is 10.1 Å². The fourth-order valence-corrected chi connectivity index (χ4v) is 4.45. The van der Waals surface area contributed by atoms with Gasteiger partial charge in [0.15, 0.2) is 0 Å². The normalized spacial score (nSPS) is 23.2. The van der Waals surface area contributed by atoms with E-state index in [1.165, 1.54) is 17.0 Å². The van der Waals surface area contributed by atoms with Gasteiger partial charge in [0, 0.05) is 49.4 Å². The van der Waals surface area contributed by atoms with Gasteiger partial charge in [-0.15, -0.1) is 0 Å². The first kappa shape index (κ1) is 21.2. The van der Waals surface area contributed by atoms with Gasteiger partial charge in [-0.25, -0.2) is 9.78 Å². The number of nitro groups is 1. The maximum atomic E-state index is 13.2. The van der Waals surface area contributed by atoms with Crippen LogP contribution in [0.15, 0.2) is 43.0 Å². The van der Waals surface area contributed by atoms with Crippen molar-refractivity contribution in [2.24, 2.45) is 0 Å². The summed E-state index contributed by atoms with van der Waals surface area (Å²) in [5.74, 6) is -0.0912. The van der Waals surface area contributed by atoms with E-state index >= 15 is 0 Å². The second-order valence-corrected chi connectivity index (χ2v) is 8.50. The number of thiol groups is 1. The summed E-state index contributed by atoms with van der Waals surface area (Å²) in [6.07, 6.45) is 6.08. The van der Waals surface area contributed by atoms with Crippen molar-refractivity contribution in [1.82, 2.24) is 19.4 Å². The van der Waals surface area contributed by atoms with Crippen LogP contribution in [-0.4, -0.2) is 67.2 Å². The highest BCUT2D eigenvalue weighted by molar-refractivity contribution is 7.81. The fourth-order valence-electron chi connectivity index (χ4n) is 4.07. The van der Waals surface area contributed by atoms with Crippen molar-refractivity contribution in [3.8, 4) is 0 Å². The molecule has 1 aromatic carbocycles. The van der Waals surface area contributed by atoms with Crippen LogP contribution in [0.3, 0.4) is 0 Å². The van der Waals surface area contributed by atoms with E-state index in [0.29, 0.717) is 31.6 Å². The third-order valence-electron chi connectivity index (χ3n) is 5.73. The second kappa shape index (κ2) is 8.96. The molecule has 2 aliphatic rings. The average molecular weight is 446 g/mol. The van der Waals surface area contributed by atoms with E-state index in [4.69, 9.17) is 4.74 Å². The van der Waals surface area contributed by atoms with Gasteiger partial charge in [0.25, 0.3) is 5.69 Å². The average Bonchev–Trinajstić information content (AvgIpc) is 3.51. The summed E-state index contributed by atoms with van der Waals surface area (Å²) >= 11 is 4.48. The zero-order valence-electron chi connectivity index (χ0n) is 16.7. The van der Waals surface area contributed by atoms with Crippen molar-refractivity contribution in [3.05, 3.63) is 58.7 Å². The molecule has 1 aromatic heterocycles. The second-order valence-electron chi connectivity index (χ2n) is 7.77. The third kappa shape index (κ3) is 4.66. The van der Waals surface area contributed by atoms with Crippen molar-refractivity contribution in [1.29, 1.82) is 0 Å². The Morgan fingerprint density at radius 1 is 1.26 bits per heavy atom. The molecule has 10 nitrogen and oxygen atoms in total. The SMILES string of the molecule is O=C([C@@H]1C[C@H](S)CN1C(=O)OCc1ccc([N+](=O)[O-])cc1)N1CCC(n2ccnc2)C1. The molecule has 31 heavy (non-hydrogen) atoms. The van der Waals surface area contributed by atoms with E-state index in [1.54, 1.807) is 29.6 Å². The Labute approximate surface area is 184 Å². The number of ether oxygens (including phenoxy) is 1. The number of hydrogen-bond donors (Lipinski definition) is 1. The molecule has 164 valence electrons. The van der Waals surface area contributed by atoms with Crippen LogP contribution in [-0.2, 0) is 16.1 Å². The van der Waals surface area contributed by atoms with Crippen LogP contribution in [0.4, 0.5) is 10.5 Å². The van der Waals surface area contributed by atoms with Gasteiger partial charge in [-0.1, -0.05) is 0 Å². The topological polar surface area (TPSA) is 111 Å². The number of carbonyl (C=O) groups excluding carboxylic acids is 2. The Balaban J connectivity index is 1.36. The minimum Gasteiger partial charge on any atom is -0.445 e. The van der Waals surface area contributed by atoms with Crippen LogP contribution in [0.1, 0.15) is 24.4 Å². The summed E-state index contributed by atoms with van der Waals surface area (Å²) in [5, 5.41) is 10.6. The quantitative estimate of drug-likeness (QED) is 0.429. The number of hydrogen-bond acceptors (Lipinski definition) is 7. The highest BCUT2D eigenvalue weighted by atomic mass is 32.1. The summed E-state index contributed by atoms with van der Waals surface area (Å²) in [6, 6.07) is 5.38. The van der Waals surface area contributed by atoms with Gasteiger partial charge >= 0.3 is 6.09 Å². The van der Waals surface area contributed by atoms with Gasteiger partial charge < -0.3 is 14.2 Å². The van der Waals surface area contributed by atoms with E-state index in [9.17, 15) is 19.7 Å². The highest BCUT2D eigenvalue weighted by Crippen LogP contribution is 2.28. The van der Waals surface area contributed by atoms with Gasteiger partial charge in [-0.2, -0.15) is 12.6 Å². The molecule has 0 radical (unpaired) electrons. The number of likely N-dealkylation sites (tertiary alicyclic amines) is 2. The van der Waals surface area contributed by atoms with Gasteiger partial charge in [-0.05, 0) is 30.5 Å². The van der Waals surface area contributed by atoms with Crippen molar-refractivity contribution in [2.75, 3.05) is 19.6 Å². The van der Waals surface area contributed by atoms with E-state index in [0.717, 1.165) is 6.42 Å². The number of carbonyl (C=O) groups is 2. The zero-order chi connectivity index (χ0) is 22.0. The van der Waals surface area contributed by atoms with Gasteiger partial charge in [0.1, 0.15) is 12.6 Å². The largest absolute Gasteiger partial charge is 0.445 e. The van der Waals surface area contributed by atoms with E-state index < -0.39 is 17.1 Å². The number of imidazole rings is 1. The molecular weight excluding hydrogens is 422 g/mol. The lowest BCUT2D eigenvalue weighted by Gasteiger charge is -2.27. The first-order valence-electron chi connectivity index (χ1n) is 10.0. The molecule has 0 aliphatic carbocycles. The molecule has 4 rings (SSSR count). The number of nitro benzene ring substituents is 1. The molecule has 3 atom stereocenters. The lowest BCUT2D eigenvalue weighted by molar-refractivity contribution is -0.384. The van der Waals surface area contributed by atoms with Crippen LogP contribution in [0.25, 0.3) is 0 Å². The minimum atomic E-state index is -0.603. The number of benzene rings is 1. The fraction of sp³-hybridized carbons (Fsp3) is 0.450. The van der Waals surface area contributed by atoms with E-state index in [1.807, 2.05) is 10.8 Å². The number of amides is 2. The summed E-state index contributed by atoms with van der Waals surface area (Å²) in [4.78, 5) is 43.4. The van der Waals surface area contributed by atoms with Crippen LogP contribution >= 0.6 is 12.6 Å². The molecular formula is C20H23N5O5S. The Hall–Kier alpha value is -3.08. The predicted octanol–water partition coefficient (Wildman–Crippen LogP) is 2.27. The lowest BCUT2D eigenvalue weighted by Crippen LogP contribution is -2.47. The molecule has 0 bridgehead atoms. The Kier molecular flexibility index (Phi) is 6.12. The van der Waals surface area contributed by atoms with Crippen molar-refractivity contribution in [2.45, 2.75) is 36.8 Å². The molecule has 11 heteroatoms. The summed E-state index contributed by atoms with van der Waals surface area (Å²) in [5.41, 5.74) is 0.601. The van der Waals surface area contributed by atoms with E-state index in [2.05, 4.69) is 17.6 Å². The highest BCUT2D eigenvalue weighted by Gasteiger charge is 2.42.